The second-order valence-corrected chi connectivity index (χ2v) is 5.83. The van der Waals surface area contributed by atoms with Crippen LogP contribution < -0.4 is 5.32 Å². The van der Waals surface area contributed by atoms with E-state index in [4.69, 9.17) is 0 Å². The SMILES string of the molecule is Cc1cccc(CCNC(=O)CSCCN(C)C)n1. The highest BCUT2D eigenvalue weighted by atomic mass is 32.2. The number of carbonyl (C=O) groups is 1. The molecule has 106 valence electrons. The summed E-state index contributed by atoms with van der Waals surface area (Å²) in [6, 6.07) is 5.96. The van der Waals surface area contributed by atoms with Gasteiger partial charge in [0.05, 0.1) is 5.75 Å². The molecule has 1 heterocycles. The van der Waals surface area contributed by atoms with Crippen LogP contribution in [0.4, 0.5) is 0 Å². The number of pyridine rings is 1. The Morgan fingerprint density at radius 1 is 1.42 bits per heavy atom. The Labute approximate surface area is 120 Å². The van der Waals surface area contributed by atoms with Crippen molar-refractivity contribution in [1.82, 2.24) is 15.2 Å². The fourth-order valence-electron chi connectivity index (χ4n) is 1.53. The van der Waals surface area contributed by atoms with Crippen LogP contribution in [0.25, 0.3) is 0 Å². The molecule has 1 N–H and O–H groups in total. The Morgan fingerprint density at radius 3 is 2.89 bits per heavy atom. The summed E-state index contributed by atoms with van der Waals surface area (Å²) in [5, 5.41) is 2.93. The van der Waals surface area contributed by atoms with Gasteiger partial charge in [-0.25, -0.2) is 0 Å². The number of aromatic nitrogens is 1. The average molecular weight is 281 g/mol. The highest BCUT2D eigenvalue weighted by Crippen LogP contribution is 2.00. The Hall–Kier alpha value is -1.07. The number of nitrogens with zero attached hydrogens (tertiary/aromatic N) is 2. The van der Waals surface area contributed by atoms with Crippen molar-refractivity contribution in [3.8, 4) is 0 Å². The van der Waals surface area contributed by atoms with Crippen LogP contribution in [0.3, 0.4) is 0 Å². The minimum atomic E-state index is 0.108. The summed E-state index contributed by atoms with van der Waals surface area (Å²) < 4.78 is 0. The summed E-state index contributed by atoms with van der Waals surface area (Å²) >= 11 is 1.67. The van der Waals surface area contributed by atoms with Gasteiger partial charge in [-0.3, -0.25) is 9.78 Å². The van der Waals surface area contributed by atoms with Gasteiger partial charge in [0.15, 0.2) is 0 Å². The number of hydrogen-bond acceptors (Lipinski definition) is 4. The largest absolute Gasteiger partial charge is 0.355 e. The van der Waals surface area contributed by atoms with Crippen molar-refractivity contribution in [2.75, 3.05) is 38.7 Å². The first kappa shape index (κ1) is 16.0. The smallest absolute Gasteiger partial charge is 0.230 e. The number of aryl methyl sites for hydroxylation is 1. The first-order valence-corrected chi connectivity index (χ1v) is 7.65. The lowest BCUT2D eigenvalue weighted by atomic mass is 10.2. The minimum Gasteiger partial charge on any atom is -0.355 e. The molecule has 0 radical (unpaired) electrons. The number of thioether (sulfide) groups is 1. The van der Waals surface area contributed by atoms with Crippen LogP contribution in [0.1, 0.15) is 11.4 Å². The van der Waals surface area contributed by atoms with Gasteiger partial charge >= 0.3 is 0 Å². The molecule has 5 heteroatoms. The zero-order valence-electron chi connectivity index (χ0n) is 12.0. The number of nitrogens with one attached hydrogen (secondary N) is 1. The summed E-state index contributed by atoms with van der Waals surface area (Å²) in [6.45, 7) is 3.64. The van der Waals surface area contributed by atoms with E-state index in [0.29, 0.717) is 12.3 Å². The van der Waals surface area contributed by atoms with Gasteiger partial charge in [0.25, 0.3) is 0 Å². The molecule has 0 unspecified atom stereocenters. The predicted octanol–water partition coefficient (Wildman–Crippen LogP) is 1.34. The Morgan fingerprint density at radius 2 is 2.21 bits per heavy atom. The van der Waals surface area contributed by atoms with Gasteiger partial charge in [-0.05, 0) is 33.2 Å². The van der Waals surface area contributed by atoms with Crippen LogP contribution in [0.5, 0.6) is 0 Å². The summed E-state index contributed by atoms with van der Waals surface area (Å²) in [7, 11) is 4.07. The monoisotopic (exact) mass is 281 g/mol. The van der Waals surface area contributed by atoms with Crippen LogP contribution in [0.15, 0.2) is 18.2 Å². The maximum atomic E-state index is 11.6. The van der Waals surface area contributed by atoms with E-state index < -0.39 is 0 Å². The van der Waals surface area contributed by atoms with Crippen molar-refractivity contribution < 1.29 is 4.79 Å². The van der Waals surface area contributed by atoms with Gasteiger partial charge in [0, 0.05) is 36.7 Å². The maximum Gasteiger partial charge on any atom is 0.230 e. The standard InChI is InChI=1S/C14H23N3OS/c1-12-5-4-6-13(16-12)7-8-15-14(18)11-19-10-9-17(2)3/h4-6H,7-11H2,1-3H3,(H,15,18). The number of carbonyl (C=O) groups excluding carboxylic acids is 1. The number of hydrogen-bond donors (Lipinski definition) is 1. The molecule has 0 aliphatic heterocycles. The van der Waals surface area contributed by atoms with Gasteiger partial charge in [-0.1, -0.05) is 6.07 Å². The Bertz CT molecular complexity index is 396. The fourth-order valence-corrected chi connectivity index (χ4v) is 2.46. The highest BCUT2D eigenvalue weighted by molar-refractivity contribution is 7.99. The normalized spacial score (nSPS) is 10.7. The van der Waals surface area contributed by atoms with Gasteiger partial charge in [0.1, 0.15) is 0 Å². The third kappa shape index (κ3) is 7.85. The van der Waals surface area contributed by atoms with Crippen LogP contribution in [0.2, 0.25) is 0 Å². The summed E-state index contributed by atoms with van der Waals surface area (Å²) in [4.78, 5) is 18.1. The Kier molecular flexibility index (Phi) is 7.52. The molecule has 0 aliphatic rings. The molecule has 1 amide bonds. The van der Waals surface area contributed by atoms with E-state index in [1.165, 1.54) is 0 Å². The molecule has 19 heavy (non-hydrogen) atoms. The third-order valence-electron chi connectivity index (χ3n) is 2.57. The second-order valence-electron chi connectivity index (χ2n) is 4.73. The molecule has 0 aromatic carbocycles. The molecule has 0 spiro atoms. The summed E-state index contributed by atoms with van der Waals surface area (Å²) in [6.07, 6.45) is 0.787. The van der Waals surface area contributed by atoms with E-state index in [-0.39, 0.29) is 5.91 Å². The lowest BCUT2D eigenvalue weighted by Crippen LogP contribution is -2.28. The molecule has 0 saturated heterocycles. The maximum absolute atomic E-state index is 11.6. The zero-order valence-corrected chi connectivity index (χ0v) is 12.8. The van der Waals surface area contributed by atoms with E-state index in [2.05, 4.69) is 15.2 Å². The molecular weight excluding hydrogens is 258 g/mol. The number of rotatable bonds is 8. The summed E-state index contributed by atoms with van der Waals surface area (Å²) in [5.41, 5.74) is 2.05. The van der Waals surface area contributed by atoms with Crippen molar-refractivity contribution in [3.05, 3.63) is 29.6 Å². The lowest BCUT2D eigenvalue weighted by Gasteiger charge is -2.09. The first-order chi connectivity index (χ1) is 9.08. The van der Waals surface area contributed by atoms with Crippen LogP contribution in [-0.2, 0) is 11.2 Å². The van der Waals surface area contributed by atoms with Crippen molar-refractivity contribution in [1.29, 1.82) is 0 Å². The van der Waals surface area contributed by atoms with Crippen LogP contribution in [-0.4, -0.2) is 54.5 Å². The summed E-state index contributed by atoms with van der Waals surface area (Å²) in [5.74, 6) is 1.63. The van der Waals surface area contributed by atoms with E-state index in [9.17, 15) is 4.79 Å². The minimum absolute atomic E-state index is 0.108. The van der Waals surface area contributed by atoms with Gasteiger partial charge < -0.3 is 10.2 Å². The van der Waals surface area contributed by atoms with Crippen molar-refractivity contribution in [3.63, 3.8) is 0 Å². The molecular formula is C14H23N3OS. The van der Waals surface area contributed by atoms with Crippen molar-refractivity contribution in [2.45, 2.75) is 13.3 Å². The van der Waals surface area contributed by atoms with Gasteiger partial charge in [-0.2, -0.15) is 11.8 Å². The van der Waals surface area contributed by atoms with E-state index in [1.54, 1.807) is 11.8 Å². The highest BCUT2D eigenvalue weighted by Gasteiger charge is 2.02. The second kappa shape index (κ2) is 8.93. The molecule has 0 aliphatic carbocycles. The molecule has 0 saturated carbocycles. The molecule has 1 aromatic heterocycles. The zero-order chi connectivity index (χ0) is 14.1. The quantitative estimate of drug-likeness (QED) is 0.731. The average Bonchev–Trinajstić information content (AvgIpc) is 2.34. The first-order valence-electron chi connectivity index (χ1n) is 6.49. The van der Waals surface area contributed by atoms with Crippen LogP contribution in [0, 0.1) is 6.92 Å². The molecule has 4 nitrogen and oxygen atoms in total. The van der Waals surface area contributed by atoms with Gasteiger partial charge in [0.2, 0.25) is 5.91 Å². The van der Waals surface area contributed by atoms with E-state index in [1.807, 2.05) is 39.2 Å². The third-order valence-corrected chi connectivity index (χ3v) is 3.50. The number of amides is 1. The predicted molar refractivity (Wildman–Crippen MR) is 81.6 cm³/mol. The van der Waals surface area contributed by atoms with E-state index >= 15 is 0 Å². The fraction of sp³-hybridized carbons (Fsp3) is 0.571. The molecule has 0 fully saturated rings. The van der Waals surface area contributed by atoms with Crippen molar-refractivity contribution in [2.24, 2.45) is 0 Å². The molecule has 1 rings (SSSR count). The molecule has 0 bridgehead atoms. The lowest BCUT2D eigenvalue weighted by molar-refractivity contribution is -0.118. The van der Waals surface area contributed by atoms with Crippen molar-refractivity contribution >= 4 is 17.7 Å². The molecule has 1 aromatic rings. The topological polar surface area (TPSA) is 45.2 Å². The molecule has 0 atom stereocenters. The van der Waals surface area contributed by atoms with E-state index in [0.717, 1.165) is 30.1 Å². The van der Waals surface area contributed by atoms with Crippen LogP contribution >= 0.6 is 11.8 Å². The Balaban J connectivity index is 2.10. The van der Waals surface area contributed by atoms with Gasteiger partial charge in [-0.15, -0.1) is 0 Å².